The SMILES string of the molecule is CNC1CCCc2c1[nH]c1c(C)ccc(C)c21. The second kappa shape index (κ2) is 3.88. The molecule has 1 aliphatic rings. The van der Waals surface area contributed by atoms with Crippen molar-refractivity contribution in [2.24, 2.45) is 0 Å². The van der Waals surface area contributed by atoms with E-state index in [2.05, 4.69) is 43.3 Å². The summed E-state index contributed by atoms with van der Waals surface area (Å²) in [6.45, 7) is 4.41. The molecule has 0 radical (unpaired) electrons. The van der Waals surface area contributed by atoms with Gasteiger partial charge in [-0.25, -0.2) is 0 Å². The zero-order valence-electron chi connectivity index (χ0n) is 10.9. The second-order valence-corrected chi connectivity index (χ2v) is 5.20. The Morgan fingerprint density at radius 3 is 2.76 bits per heavy atom. The van der Waals surface area contributed by atoms with Crippen molar-refractivity contribution in [2.75, 3.05) is 7.05 Å². The smallest absolute Gasteiger partial charge is 0.0491 e. The van der Waals surface area contributed by atoms with Crippen LogP contribution in [0.25, 0.3) is 10.9 Å². The van der Waals surface area contributed by atoms with Crippen molar-refractivity contribution in [1.29, 1.82) is 0 Å². The average Bonchev–Trinajstić information content (AvgIpc) is 2.74. The molecular formula is C15H20N2. The lowest BCUT2D eigenvalue weighted by Gasteiger charge is -2.22. The highest BCUT2D eigenvalue weighted by molar-refractivity contribution is 5.90. The predicted molar refractivity (Wildman–Crippen MR) is 72.5 cm³/mol. The monoisotopic (exact) mass is 228 g/mol. The quantitative estimate of drug-likeness (QED) is 0.769. The van der Waals surface area contributed by atoms with Gasteiger partial charge in [0.05, 0.1) is 0 Å². The van der Waals surface area contributed by atoms with E-state index in [1.165, 1.54) is 47.0 Å². The number of H-pyrrole nitrogens is 1. The second-order valence-electron chi connectivity index (χ2n) is 5.20. The molecule has 0 saturated heterocycles. The van der Waals surface area contributed by atoms with Crippen molar-refractivity contribution in [3.8, 4) is 0 Å². The van der Waals surface area contributed by atoms with Gasteiger partial charge in [0.1, 0.15) is 0 Å². The fourth-order valence-electron chi connectivity index (χ4n) is 3.18. The van der Waals surface area contributed by atoms with Crippen LogP contribution < -0.4 is 5.32 Å². The molecule has 1 aromatic carbocycles. The van der Waals surface area contributed by atoms with Crippen LogP contribution in [0.3, 0.4) is 0 Å². The van der Waals surface area contributed by atoms with Gasteiger partial charge in [-0.05, 0) is 56.8 Å². The van der Waals surface area contributed by atoms with Crippen molar-refractivity contribution in [2.45, 2.75) is 39.2 Å². The van der Waals surface area contributed by atoms with Crippen LogP contribution in [0, 0.1) is 13.8 Å². The number of fused-ring (bicyclic) bond motifs is 3. The van der Waals surface area contributed by atoms with Gasteiger partial charge in [0.25, 0.3) is 0 Å². The van der Waals surface area contributed by atoms with E-state index in [1.807, 2.05) is 0 Å². The van der Waals surface area contributed by atoms with E-state index < -0.39 is 0 Å². The first-order chi connectivity index (χ1) is 8.22. The summed E-state index contributed by atoms with van der Waals surface area (Å²) in [5.41, 5.74) is 7.07. The molecule has 17 heavy (non-hydrogen) atoms. The van der Waals surface area contributed by atoms with Crippen LogP contribution in [0.2, 0.25) is 0 Å². The van der Waals surface area contributed by atoms with E-state index in [1.54, 1.807) is 5.56 Å². The van der Waals surface area contributed by atoms with Gasteiger partial charge < -0.3 is 10.3 Å². The van der Waals surface area contributed by atoms with Crippen LogP contribution in [0.15, 0.2) is 12.1 Å². The minimum atomic E-state index is 0.505. The third-order valence-electron chi connectivity index (χ3n) is 4.13. The molecule has 1 unspecified atom stereocenters. The summed E-state index contributed by atoms with van der Waals surface area (Å²) in [4.78, 5) is 3.66. The van der Waals surface area contributed by atoms with Crippen molar-refractivity contribution in [3.63, 3.8) is 0 Å². The van der Waals surface area contributed by atoms with E-state index in [0.717, 1.165) is 0 Å². The van der Waals surface area contributed by atoms with E-state index >= 15 is 0 Å². The Bertz CT molecular complexity index is 566. The van der Waals surface area contributed by atoms with Gasteiger partial charge in [-0.3, -0.25) is 0 Å². The molecule has 1 aliphatic carbocycles. The Balaban J connectivity index is 2.33. The van der Waals surface area contributed by atoms with Crippen LogP contribution in [0.4, 0.5) is 0 Å². The molecule has 1 heterocycles. The molecular weight excluding hydrogens is 208 g/mol. The molecule has 2 aromatic rings. The highest BCUT2D eigenvalue weighted by Gasteiger charge is 2.24. The van der Waals surface area contributed by atoms with Gasteiger partial charge >= 0.3 is 0 Å². The van der Waals surface area contributed by atoms with Gasteiger partial charge in [-0.15, -0.1) is 0 Å². The molecule has 0 amide bonds. The standard InChI is InChI=1S/C15H20N2/c1-9-7-8-10(2)14-13(9)11-5-4-6-12(16-3)15(11)17-14/h7-8,12,16-17H,4-6H2,1-3H3. The number of hydrogen-bond donors (Lipinski definition) is 2. The third kappa shape index (κ3) is 1.51. The first-order valence-corrected chi connectivity index (χ1v) is 6.50. The zero-order valence-corrected chi connectivity index (χ0v) is 10.9. The minimum absolute atomic E-state index is 0.505. The lowest BCUT2D eigenvalue weighted by atomic mass is 9.90. The zero-order chi connectivity index (χ0) is 12.0. The van der Waals surface area contributed by atoms with E-state index in [9.17, 15) is 0 Å². The van der Waals surface area contributed by atoms with Gasteiger partial charge in [0.15, 0.2) is 0 Å². The number of aromatic amines is 1. The van der Waals surface area contributed by atoms with Gasteiger partial charge in [-0.1, -0.05) is 12.1 Å². The summed E-state index contributed by atoms with van der Waals surface area (Å²) in [6.07, 6.45) is 3.76. The Kier molecular flexibility index (Phi) is 2.48. The number of aromatic nitrogens is 1. The first-order valence-electron chi connectivity index (χ1n) is 6.50. The van der Waals surface area contributed by atoms with Crippen molar-refractivity contribution < 1.29 is 0 Å². The highest BCUT2D eigenvalue weighted by atomic mass is 14.9. The lowest BCUT2D eigenvalue weighted by Crippen LogP contribution is -2.21. The molecule has 0 saturated carbocycles. The number of rotatable bonds is 1. The molecule has 2 N–H and O–H groups in total. The van der Waals surface area contributed by atoms with Gasteiger partial charge in [0.2, 0.25) is 0 Å². The molecule has 90 valence electrons. The third-order valence-corrected chi connectivity index (χ3v) is 4.13. The summed E-state index contributed by atoms with van der Waals surface area (Å²) in [5, 5.41) is 4.90. The van der Waals surface area contributed by atoms with Gasteiger partial charge in [0, 0.05) is 22.6 Å². The molecule has 0 spiro atoms. The average molecular weight is 228 g/mol. The predicted octanol–water partition coefficient (Wildman–Crippen LogP) is 3.38. The number of nitrogens with one attached hydrogen (secondary N) is 2. The highest BCUT2D eigenvalue weighted by Crippen LogP contribution is 2.36. The number of aryl methyl sites for hydroxylation is 3. The Hall–Kier alpha value is -1.28. The lowest BCUT2D eigenvalue weighted by molar-refractivity contribution is 0.489. The molecule has 1 atom stereocenters. The van der Waals surface area contributed by atoms with E-state index in [0.29, 0.717) is 6.04 Å². The van der Waals surface area contributed by atoms with Crippen LogP contribution in [0.1, 0.15) is 41.3 Å². The van der Waals surface area contributed by atoms with Crippen molar-refractivity contribution >= 4 is 10.9 Å². The number of hydrogen-bond acceptors (Lipinski definition) is 1. The fraction of sp³-hybridized carbons (Fsp3) is 0.467. The summed E-state index contributed by atoms with van der Waals surface area (Å²) in [6, 6.07) is 4.97. The summed E-state index contributed by atoms with van der Waals surface area (Å²) in [5.74, 6) is 0. The Morgan fingerprint density at radius 2 is 2.00 bits per heavy atom. The van der Waals surface area contributed by atoms with Crippen LogP contribution >= 0.6 is 0 Å². The normalized spacial score (nSPS) is 19.6. The van der Waals surface area contributed by atoms with Crippen molar-refractivity contribution in [3.05, 3.63) is 34.5 Å². The molecule has 0 bridgehead atoms. The molecule has 1 aromatic heterocycles. The van der Waals surface area contributed by atoms with Crippen molar-refractivity contribution in [1.82, 2.24) is 10.3 Å². The molecule has 0 fully saturated rings. The van der Waals surface area contributed by atoms with Crippen LogP contribution in [-0.2, 0) is 6.42 Å². The minimum Gasteiger partial charge on any atom is -0.357 e. The van der Waals surface area contributed by atoms with Crippen LogP contribution in [-0.4, -0.2) is 12.0 Å². The first kappa shape index (κ1) is 10.8. The maximum Gasteiger partial charge on any atom is 0.0491 e. The number of benzene rings is 1. The Morgan fingerprint density at radius 1 is 1.24 bits per heavy atom. The summed E-state index contributed by atoms with van der Waals surface area (Å²) in [7, 11) is 2.06. The maximum atomic E-state index is 3.66. The molecule has 0 aliphatic heterocycles. The van der Waals surface area contributed by atoms with E-state index in [4.69, 9.17) is 0 Å². The molecule has 2 heteroatoms. The largest absolute Gasteiger partial charge is 0.357 e. The fourth-order valence-corrected chi connectivity index (χ4v) is 3.18. The summed E-state index contributed by atoms with van der Waals surface area (Å²) >= 11 is 0. The topological polar surface area (TPSA) is 27.8 Å². The van der Waals surface area contributed by atoms with Gasteiger partial charge in [-0.2, -0.15) is 0 Å². The van der Waals surface area contributed by atoms with Crippen LogP contribution in [0.5, 0.6) is 0 Å². The summed E-state index contributed by atoms with van der Waals surface area (Å²) < 4.78 is 0. The van der Waals surface area contributed by atoms with E-state index in [-0.39, 0.29) is 0 Å². The molecule has 2 nitrogen and oxygen atoms in total. The molecule has 3 rings (SSSR count). The Labute approximate surface area is 102 Å². The maximum absolute atomic E-state index is 3.66.